The van der Waals surface area contributed by atoms with Crippen LogP contribution in [0.15, 0.2) is 36.4 Å². The molecule has 2 aliphatic heterocycles. The average Bonchev–Trinajstić information content (AvgIpc) is 3.39. The summed E-state index contributed by atoms with van der Waals surface area (Å²) in [5.74, 6) is -1.71. The van der Waals surface area contributed by atoms with E-state index in [9.17, 15) is 19.0 Å². The van der Waals surface area contributed by atoms with Crippen molar-refractivity contribution in [1.29, 1.82) is 0 Å². The van der Waals surface area contributed by atoms with E-state index in [4.69, 9.17) is 4.74 Å². The number of aromatic hydroxyl groups is 2. The molecule has 0 unspecified atom stereocenters. The quantitative estimate of drug-likeness (QED) is 0.362. The van der Waals surface area contributed by atoms with Crippen LogP contribution in [0, 0.1) is 11.6 Å². The Labute approximate surface area is 211 Å². The fraction of sp³-hybridized carbons (Fsp3) is 0.357. The van der Waals surface area contributed by atoms with Crippen LogP contribution in [-0.2, 0) is 6.42 Å². The molecule has 0 saturated carbocycles. The van der Waals surface area contributed by atoms with E-state index in [1.54, 1.807) is 13.0 Å². The van der Waals surface area contributed by atoms with Gasteiger partial charge in [0.1, 0.15) is 29.9 Å². The molecule has 37 heavy (non-hydrogen) atoms. The minimum Gasteiger partial charge on any atom is -0.508 e. The lowest BCUT2D eigenvalue weighted by Gasteiger charge is -2.30. The third-order valence-electron chi connectivity index (χ3n) is 7.79. The van der Waals surface area contributed by atoms with Gasteiger partial charge in [0.15, 0.2) is 5.82 Å². The fourth-order valence-electron chi connectivity index (χ4n) is 6.10. The number of ether oxygens (including phenoxy) is 1. The number of fused-ring (bicyclic) bond motifs is 3. The van der Waals surface area contributed by atoms with Gasteiger partial charge >= 0.3 is 6.01 Å². The number of halogens is 3. The first-order chi connectivity index (χ1) is 17.8. The first-order valence-electron chi connectivity index (χ1n) is 12.5. The van der Waals surface area contributed by atoms with E-state index in [0.717, 1.165) is 19.4 Å². The Morgan fingerprint density at radius 1 is 1.11 bits per heavy atom. The summed E-state index contributed by atoms with van der Waals surface area (Å²) in [4.78, 5) is 10.3. The maximum Gasteiger partial charge on any atom is 0.320 e. The maximum absolute atomic E-state index is 16.0. The van der Waals surface area contributed by atoms with E-state index >= 15 is 4.39 Å². The summed E-state index contributed by atoms with van der Waals surface area (Å²) in [5.41, 5.74) is 0.196. The van der Waals surface area contributed by atoms with Gasteiger partial charge in [-0.25, -0.2) is 13.2 Å². The van der Waals surface area contributed by atoms with Gasteiger partial charge in [-0.2, -0.15) is 9.97 Å². The summed E-state index contributed by atoms with van der Waals surface area (Å²) in [5, 5.41) is 22.0. The average molecular weight is 510 g/mol. The molecule has 3 heterocycles. The van der Waals surface area contributed by atoms with Crippen LogP contribution >= 0.6 is 0 Å². The minimum atomic E-state index is -0.926. The molecule has 0 bridgehead atoms. The van der Waals surface area contributed by atoms with Gasteiger partial charge in [0.25, 0.3) is 0 Å². The van der Waals surface area contributed by atoms with Crippen molar-refractivity contribution < 1.29 is 28.1 Å². The highest BCUT2D eigenvalue weighted by atomic mass is 19.1. The summed E-state index contributed by atoms with van der Waals surface area (Å²) in [6.45, 7) is 3.10. The minimum absolute atomic E-state index is 0.0882. The zero-order valence-electron chi connectivity index (χ0n) is 20.3. The second-order valence-corrected chi connectivity index (χ2v) is 9.99. The van der Waals surface area contributed by atoms with Gasteiger partial charge in [0.2, 0.25) is 5.88 Å². The normalized spacial score (nSPS) is 21.7. The highest BCUT2D eigenvalue weighted by molar-refractivity contribution is 6.02. The number of phenolic OH excluding ortho intramolecular Hbond substituents is 1. The van der Waals surface area contributed by atoms with E-state index in [0.29, 0.717) is 41.3 Å². The standard InChI is InChI=1S/C28H26F3N3O3/c1-2-18-22(30)7-4-15-10-17(35)11-21(23(15)18)19-5-6-20-25(24(19)31)32-27(33-26(20)36)37-14-28-8-3-9-34(28)13-16(29)12-28/h4-7,10-11,16,35H,2-3,8-9,12-14H2,1H3,(H,32,33,36)/t16-,28+/m1/s1. The van der Waals surface area contributed by atoms with Gasteiger partial charge in [-0.05, 0) is 72.0 Å². The molecule has 0 radical (unpaired) electrons. The number of nitrogens with zero attached hydrogens (tertiary/aromatic N) is 3. The molecule has 0 aliphatic carbocycles. The maximum atomic E-state index is 16.0. The van der Waals surface area contributed by atoms with Crippen LogP contribution in [-0.4, -0.2) is 56.5 Å². The molecular weight excluding hydrogens is 483 g/mol. The molecule has 1 aromatic heterocycles. The molecular formula is C28H26F3N3O3. The number of rotatable bonds is 5. The van der Waals surface area contributed by atoms with Crippen molar-refractivity contribution >= 4 is 21.7 Å². The van der Waals surface area contributed by atoms with Gasteiger partial charge < -0.3 is 14.9 Å². The molecule has 2 aliphatic rings. The van der Waals surface area contributed by atoms with Gasteiger partial charge in [-0.15, -0.1) is 0 Å². The van der Waals surface area contributed by atoms with E-state index < -0.39 is 29.2 Å². The number of alkyl halides is 1. The zero-order chi connectivity index (χ0) is 25.9. The van der Waals surface area contributed by atoms with Crippen molar-refractivity contribution in [1.82, 2.24) is 14.9 Å². The Morgan fingerprint density at radius 3 is 2.76 bits per heavy atom. The molecule has 0 spiro atoms. The van der Waals surface area contributed by atoms with Crippen LogP contribution in [0.4, 0.5) is 13.2 Å². The lowest BCUT2D eigenvalue weighted by Crippen LogP contribution is -2.43. The van der Waals surface area contributed by atoms with Gasteiger partial charge in [-0.3, -0.25) is 4.90 Å². The Bertz CT molecular complexity index is 1550. The molecule has 192 valence electrons. The molecule has 6 nitrogen and oxygen atoms in total. The number of aryl methyl sites for hydroxylation is 1. The number of phenols is 1. The van der Waals surface area contributed by atoms with Crippen molar-refractivity contribution in [3.63, 3.8) is 0 Å². The molecule has 2 saturated heterocycles. The van der Waals surface area contributed by atoms with Gasteiger partial charge in [0.05, 0.1) is 10.9 Å². The zero-order valence-corrected chi connectivity index (χ0v) is 20.3. The SMILES string of the molecule is CCc1c(F)ccc2cc(O)cc(-c3ccc4c(O)nc(OC[C@@]56CCCN5C[C@H](F)C6)nc4c3F)c12. The van der Waals surface area contributed by atoms with E-state index in [-0.39, 0.29) is 34.8 Å². The summed E-state index contributed by atoms with van der Waals surface area (Å²) in [6, 6.07) is 8.51. The monoisotopic (exact) mass is 509 g/mol. The predicted octanol–water partition coefficient (Wildman–Crippen LogP) is 5.66. The van der Waals surface area contributed by atoms with Crippen LogP contribution in [0.25, 0.3) is 32.8 Å². The second-order valence-electron chi connectivity index (χ2n) is 9.99. The van der Waals surface area contributed by atoms with Gasteiger partial charge in [-0.1, -0.05) is 19.1 Å². The third-order valence-corrected chi connectivity index (χ3v) is 7.79. The van der Waals surface area contributed by atoms with Crippen LogP contribution in [0.1, 0.15) is 31.7 Å². The highest BCUT2D eigenvalue weighted by Crippen LogP contribution is 2.42. The van der Waals surface area contributed by atoms with Crippen LogP contribution in [0.2, 0.25) is 0 Å². The van der Waals surface area contributed by atoms with Crippen molar-refractivity contribution in [2.75, 3.05) is 19.7 Å². The Hall–Kier alpha value is -3.59. The topological polar surface area (TPSA) is 78.7 Å². The van der Waals surface area contributed by atoms with E-state index in [1.807, 2.05) is 0 Å². The molecule has 6 rings (SSSR count). The summed E-state index contributed by atoms with van der Waals surface area (Å²) >= 11 is 0. The highest BCUT2D eigenvalue weighted by Gasteiger charge is 2.49. The predicted molar refractivity (Wildman–Crippen MR) is 134 cm³/mol. The number of aromatic nitrogens is 2. The van der Waals surface area contributed by atoms with E-state index in [2.05, 4.69) is 14.9 Å². The van der Waals surface area contributed by atoms with Crippen LogP contribution in [0.3, 0.4) is 0 Å². The molecule has 2 N–H and O–H groups in total. The summed E-state index contributed by atoms with van der Waals surface area (Å²) in [6.07, 6.45) is 1.52. The Kier molecular flexibility index (Phi) is 5.63. The lowest BCUT2D eigenvalue weighted by atomic mass is 9.92. The first kappa shape index (κ1) is 23.8. The first-order valence-corrected chi connectivity index (χ1v) is 12.5. The molecule has 0 amide bonds. The second kappa shape index (κ2) is 8.76. The van der Waals surface area contributed by atoms with Crippen molar-refractivity contribution in [2.45, 2.75) is 44.3 Å². The molecule has 4 aromatic rings. The van der Waals surface area contributed by atoms with Gasteiger partial charge in [0, 0.05) is 18.5 Å². The summed E-state index contributed by atoms with van der Waals surface area (Å²) < 4.78 is 50.6. The van der Waals surface area contributed by atoms with Crippen LogP contribution < -0.4 is 4.74 Å². The largest absolute Gasteiger partial charge is 0.508 e. The molecule has 2 atom stereocenters. The van der Waals surface area contributed by atoms with Crippen LogP contribution in [0.5, 0.6) is 17.6 Å². The van der Waals surface area contributed by atoms with E-state index in [1.165, 1.54) is 30.3 Å². The number of hydrogen-bond acceptors (Lipinski definition) is 6. The van der Waals surface area contributed by atoms with Crippen molar-refractivity contribution in [3.8, 4) is 28.8 Å². The summed E-state index contributed by atoms with van der Waals surface area (Å²) in [7, 11) is 0. The lowest BCUT2D eigenvalue weighted by molar-refractivity contribution is 0.107. The van der Waals surface area contributed by atoms with Crippen molar-refractivity contribution in [2.24, 2.45) is 0 Å². The Balaban J connectivity index is 1.45. The Morgan fingerprint density at radius 2 is 1.95 bits per heavy atom. The number of hydrogen-bond donors (Lipinski definition) is 2. The molecule has 9 heteroatoms. The third kappa shape index (κ3) is 3.83. The fourth-order valence-corrected chi connectivity index (χ4v) is 6.10. The molecule has 2 fully saturated rings. The molecule has 3 aromatic carbocycles. The number of benzene rings is 3. The van der Waals surface area contributed by atoms with Crippen molar-refractivity contribution in [3.05, 3.63) is 53.6 Å². The smallest absolute Gasteiger partial charge is 0.320 e.